The zero-order chi connectivity index (χ0) is 28.2. The third-order valence-electron chi connectivity index (χ3n) is 5.94. The van der Waals surface area contributed by atoms with Crippen LogP contribution in [0.1, 0.15) is 46.5 Å². The molecule has 210 valence electrons. The highest BCUT2D eigenvalue weighted by Gasteiger charge is 2.21. The molecular formula is C30H48ClN7. The fraction of sp³-hybridized carbons (Fsp3) is 0.467. The van der Waals surface area contributed by atoms with E-state index in [1.165, 1.54) is 5.57 Å². The zero-order valence-corrected chi connectivity index (χ0v) is 24.8. The smallest absolute Gasteiger partial charge is 0.196 e. The second-order valence-corrected chi connectivity index (χ2v) is 9.46. The van der Waals surface area contributed by atoms with E-state index in [0.717, 1.165) is 62.8 Å². The summed E-state index contributed by atoms with van der Waals surface area (Å²) in [6, 6.07) is 0.357. The number of allylic oxidation sites excluding steroid dienone is 9. The summed E-state index contributed by atoms with van der Waals surface area (Å²) in [6.07, 6.45) is 21.8. The van der Waals surface area contributed by atoms with Gasteiger partial charge in [-0.1, -0.05) is 61.1 Å². The summed E-state index contributed by atoms with van der Waals surface area (Å²) in [7, 11) is 3.70. The Hall–Kier alpha value is -3.03. The van der Waals surface area contributed by atoms with Gasteiger partial charge < -0.3 is 16.0 Å². The molecule has 1 saturated heterocycles. The Bertz CT molecular complexity index is 932. The maximum absolute atomic E-state index is 5.98. The van der Waals surface area contributed by atoms with E-state index in [1.54, 1.807) is 24.3 Å². The number of guanidine groups is 1. The van der Waals surface area contributed by atoms with Gasteiger partial charge in [0.1, 0.15) is 5.82 Å². The van der Waals surface area contributed by atoms with Crippen LogP contribution in [-0.2, 0) is 0 Å². The van der Waals surface area contributed by atoms with E-state index >= 15 is 0 Å². The molecule has 8 heteroatoms. The first-order valence-electron chi connectivity index (χ1n) is 13.4. The van der Waals surface area contributed by atoms with Gasteiger partial charge in [-0.15, -0.1) is 6.58 Å². The van der Waals surface area contributed by atoms with E-state index in [1.807, 2.05) is 45.2 Å². The number of rotatable bonds is 15. The van der Waals surface area contributed by atoms with Crippen LogP contribution in [0, 0.1) is 0 Å². The molecule has 1 aliphatic heterocycles. The highest BCUT2D eigenvalue weighted by atomic mass is 35.5. The average Bonchev–Trinajstić information content (AvgIpc) is 2.91. The molecule has 0 aromatic rings. The number of hydrazone groups is 1. The fourth-order valence-electron chi connectivity index (χ4n) is 3.84. The molecule has 1 aliphatic rings. The van der Waals surface area contributed by atoms with Crippen molar-refractivity contribution < 1.29 is 0 Å². The SMILES string of the molecule is C=CC/C(=C\C=C/CC)CN1CCC(NC(=NC)N/C(=C\CN/C(C)=C/C=C(/Cl)C=C)N(C)/N=C\C)CC1. The highest BCUT2D eigenvalue weighted by Crippen LogP contribution is 2.14. The number of aliphatic imine (C=N–C) groups is 1. The Labute approximate surface area is 236 Å². The van der Waals surface area contributed by atoms with Crippen molar-refractivity contribution in [2.45, 2.75) is 52.5 Å². The van der Waals surface area contributed by atoms with E-state index < -0.39 is 0 Å². The maximum atomic E-state index is 5.98. The molecule has 7 nitrogen and oxygen atoms in total. The van der Waals surface area contributed by atoms with Crippen LogP contribution >= 0.6 is 11.6 Å². The fourth-order valence-corrected chi connectivity index (χ4v) is 3.91. The van der Waals surface area contributed by atoms with Crippen LogP contribution in [0.25, 0.3) is 0 Å². The number of likely N-dealkylation sites (tertiary alicyclic amines) is 1. The molecule has 0 radical (unpaired) electrons. The van der Waals surface area contributed by atoms with E-state index in [-0.39, 0.29) is 0 Å². The number of nitrogens with zero attached hydrogens (tertiary/aromatic N) is 4. The van der Waals surface area contributed by atoms with Gasteiger partial charge in [-0.25, -0.2) is 0 Å². The minimum Gasteiger partial charge on any atom is -0.385 e. The van der Waals surface area contributed by atoms with Crippen LogP contribution in [0.3, 0.4) is 0 Å². The molecule has 0 aromatic carbocycles. The highest BCUT2D eigenvalue weighted by molar-refractivity contribution is 6.31. The van der Waals surface area contributed by atoms with Crippen molar-refractivity contribution in [1.29, 1.82) is 0 Å². The lowest BCUT2D eigenvalue weighted by molar-refractivity contribution is 0.220. The molecule has 0 saturated carbocycles. The number of hydrogen-bond acceptors (Lipinski definition) is 5. The number of hydrogen-bond donors (Lipinski definition) is 3. The molecule has 0 aliphatic carbocycles. The first-order valence-corrected chi connectivity index (χ1v) is 13.8. The van der Waals surface area contributed by atoms with Gasteiger partial charge in [-0.05, 0) is 57.8 Å². The summed E-state index contributed by atoms with van der Waals surface area (Å²) in [5, 5.41) is 17.2. The summed E-state index contributed by atoms with van der Waals surface area (Å²) < 4.78 is 0. The van der Waals surface area contributed by atoms with Crippen LogP contribution in [0.4, 0.5) is 0 Å². The topological polar surface area (TPSA) is 67.3 Å². The van der Waals surface area contributed by atoms with Crippen LogP contribution < -0.4 is 16.0 Å². The Morgan fingerprint density at radius 2 is 1.92 bits per heavy atom. The van der Waals surface area contributed by atoms with Gasteiger partial charge >= 0.3 is 0 Å². The lowest BCUT2D eigenvalue weighted by Gasteiger charge is -2.34. The van der Waals surface area contributed by atoms with Crippen molar-refractivity contribution in [3.63, 3.8) is 0 Å². The Morgan fingerprint density at radius 1 is 1.18 bits per heavy atom. The molecule has 0 spiro atoms. The van der Waals surface area contributed by atoms with Gasteiger partial charge in [0.05, 0.1) is 0 Å². The lowest BCUT2D eigenvalue weighted by atomic mass is 10.0. The van der Waals surface area contributed by atoms with E-state index in [4.69, 9.17) is 11.6 Å². The van der Waals surface area contributed by atoms with Gasteiger partial charge in [-0.3, -0.25) is 14.9 Å². The summed E-state index contributed by atoms with van der Waals surface area (Å²) in [5.74, 6) is 1.56. The summed E-state index contributed by atoms with van der Waals surface area (Å²) >= 11 is 5.98. The van der Waals surface area contributed by atoms with Crippen molar-refractivity contribution in [2.75, 3.05) is 40.3 Å². The van der Waals surface area contributed by atoms with Crippen molar-refractivity contribution in [2.24, 2.45) is 10.1 Å². The average molecular weight is 542 g/mol. The molecular weight excluding hydrogens is 494 g/mol. The monoisotopic (exact) mass is 541 g/mol. The standard InChI is InChI=1S/C30H48ClN7/c1-8-12-13-15-26(14-9-2)24-38-22-19-28(20-23-38)35-30(32-6)36-29(37(7)34-11-4)18-21-33-25(5)16-17-27(31)10-3/h9-13,15-18,28,33H,2-3,8,14,19-24H2,1,4-7H3,(H2,32,35,36)/b13-12-,25-16+,26-15+,27-17+,29-18+,34-11-. The van der Waals surface area contributed by atoms with Gasteiger partial charge in [0.25, 0.3) is 0 Å². The number of halogens is 1. The third-order valence-corrected chi connectivity index (χ3v) is 6.22. The summed E-state index contributed by atoms with van der Waals surface area (Å²) in [5.41, 5.74) is 2.39. The van der Waals surface area contributed by atoms with Gasteiger partial charge in [0, 0.05) is 63.3 Å². The second kappa shape index (κ2) is 20.0. The molecule has 0 atom stereocenters. The predicted molar refractivity (Wildman–Crippen MR) is 167 cm³/mol. The minimum atomic E-state index is 0.357. The molecule has 38 heavy (non-hydrogen) atoms. The third kappa shape index (κ3) is 14.1. The maximum Gasteiger partial charge on any atom is 0.196 e. The minimum absolute atomic E-state index is 0.357. The molecule has 0 bridgehead atoms. The molecule has 0 amide bonds. The normalized spacial score (nSPS) is 17.3. The number of nitrogens with one attached hydrogen (secondary N) is 3. The quantitative estimate of drug-likeness (QED) is 0.0820. The van der Waals surface area contributed by atoms with Crippen LogP contribution in [0.5, 0.6) is 0 Å². The Morgan fingerprint density at radius 3 is 2.53 bits per heavy atom. The van der Waals surface area contributed by atoms with E-state index in [0.29, 0.717) is 17.6 Å². The Balaban J connectivity index is 2.73. The van der Waals surface area contributed by atoms with Crippen LogP contribution in [0.15, 0.2) is 94.0 Å². The number of piperidine rings is 1. The van der Waals surface area contributed by atoms with E-state index in [2.05, 4.69) is 69.3 Å². The largest absolute Gasteiger partial charge is 0.385 e. The van der Waals surface area contributed by atoms with Crippen molar-refractivity contribution >= 4 is 23.8 Å². The first-order chi connectivity index (χ1) is 18.4. The van der Waals surface area contributed by atoms with Gasteiger partial charge in [-0.2, -0.15) is 5.10 Å². The van der Waals surface area contributed by atoms with Crippen molar-refractivity contribution in [3.8, 4) is 0 Å². The second-order valence-electron chi connectivity index (χ2n) is 9.02. The molecule has 0 aromatic heterocycles. The van der Waals surface area contributed by atoms with Crippen LogP contribution in [-0.4, -0.2) is 68.4 Å². The molecule has 1 heterocycles. The predicted octanol–water partition coefficient (Wildman–Crippen LogP) is 5.67. The van der Waals surface area contributed by atoms with Gasteiger partial charge in [0.2, 0.25) is 0 Å². The van der Waals surface area contributed by atoms with Crippen molar-refractivity contribution in [1.82, 2.24) is 25.9 Å². The lowest BCUT2D eigenvalue weighted by Crippen LogP contribution is -2.49. The van der Waals surface area contributed by atoms with Crippen LogP contribution in [0.2, 0.25) is 0 Å². The summed E-state index contributed by atoms with van der Waals surface area (Å²) in [4.78, 5) is 6.99. The zero-order valence-electron chi connectivity index (χ0n) is 24.0. The first kappa shape index (κ1) is 33.0. The van der Waals surface area contributed by atoms with Gasteiger partial charge in [0.15, 0.2) is 5.96 Å². The van der Waals surface area contributed by atoms with Crippen molar-refractivity contribution in [3.05, 3.63) is 83.9 Å². The molecule has 0 unspecified atom stereocenters. The van der Waals surface area contributed by atoms with E-state index in [9.17, 15) is 0 Å². The molecule has 1 fully saturated rings. The Kier molecular flexibility index (Phi) is 17.4. The summed E-state index contributed by atoms with van der Waals surface area (Å²) in [6.45, 7) is 17.3. The molecule has 1 rings (SSSR count). The molecule has 3 N–H and O–H groups in total.